The van der Waals surface area contributed by atoms with Crippen LogP contribution in [0.4, 0.5) is 5.69 Å². The topological polar surface area (TPSA) is 85.8 Å². The van der Waals surface area contributed by atoms with Crippen LogP contribution in [0, 0.1) is 0 Å². The summed E-state index contributed by atoms with van der Waals surface area (Å²) >= 11 is 7.96. The lowest BCUT2D eigenvalue weighted by Crippen LogP contribution is -2.40. The van der Waals surface area contributed by atoms with Gasteiger partial charge < -0.3 is 14.5 Å². The van der Waals surface area contributed by atoms with Gasteiger partial charge in [-0.2, -0.15) is 0 Å². The van der Waals surface area contributed by atoms with Crippen molar-refractivity contribution in [1.82, 2.24) is 4.57 Å². The maximum atomic E-state index is 13.7. The molecule has 1 N–H and O–H groups in total. The van der Waals surface area contributed by atoms with Crippen molar-refractivity contribution >= 4 is 60.9 Å². The number of carbonyl (C=O) groups is 1. The first-order valence-electron chi connectivity index (χ1n) is 10.8. The van der Waals surface area contributed by atoms with Crippen LogP contribution in [-0.4, -0.2) is 17.6 Å². The van der Waals surface area contributed by atoms with E-state index < -0.39 is 6.04 Å². The van der Waals surface area contributed by atoms with Crippen molar-refractivity contribution in [2.45, 2.75) is 13.0 Å². The zero-order chi connectivity index (χ0) is 25.4. The molecule has 2 aromatic carbocycles. The maximum absolute atomic E-state index is 13.7. The number of hydrogen-bond donors (Lipinski definition) is 1. The third kappa shape index (κ3) is 4.63. The van der Waals surface area contributed by atoms with E-state index in [0.29, 0.717) is 42.5 Å². The lowest BCUT2D eigenvalue weighted by Gasteiger charge is -2.25. The summed E-state index contributed by atoms with van der Waals surface area (Å²) in [5.74, 6) is 0.801. The van der Waals surface area contributed by atoms with Crippen LogP contribution in [0.1, 0.15) is 24.3 Å². The van der Waals surface area contributed by atoms with Crippen LogP contribution in [0.2, 0.25) is 0 Å². The number of furan rings is 1. The number of nitrogens with zero attached hydrogens (tertiary/aromatic N) is 2. The summed E-state index contributed by atoms with van der Waals surface area (Å²) in [6.45, 7) is 1.78. The first kappa shape index (κ1) is 24.5. The Morgan fingerprint density at radius 1 is 1.17 bits per heavy atom. The fourth-order valence-corrected chi connectivity index (χ4v) is 5.66. The summed E-state index contributed by atoms with van der Waals surface area (Å²) < 4.78 is 14.3. The first-order valence-corrected chi connectivity index (χ1v) is 13.2. The number of ether oxygens (including phenoxy) is 1. The summed E-state index contributed by atoms with van der Waals surface area (Å²) in [5, 5.41) is 2.94. The van der Waals surface area contributed by atoms with Crippen LogP contribution in [0.15, 0.2) is 95.3 Å². The molecule has 0 aliphatic carbocycles. The SMILES string of the molecule is COc1cccc([C@H]2C(C(=O)Nc3ccccc3)=C(C)N=c3s/c(=C/c4cc(Br)c(Br)o4)c(=O)n32)c1. The first-order chi connectivity index (χ1) is 17.4. The number of benzene rings is 2. The molecule has 1 atom stereocenters. The molecule has 0 unspecified atom stereocenters. The lowest BCUT2D eigenvalue weighted by atomic mass is 9.95. The number of hydrogen-bond acceptors (Lipinski definition) is 6. The average molecular weight is 629 g/mol. The third-order valence-corrected chi connectivity index (χ3v) is 8.34. The Kier molecular flexibility index (Phi) is 6.83. The summed E-state index contributed by atoms with van der Waals surface area (Å²) in [4.78, 5) is 32.4. The number of halogens is 2. The van der Waals surface area contributed by atoms with Gasteiger partial charge in [-0.05, 0) is 74.7 Å². The van der Waals surface area contributed by atoms with Crippen molar-refractivity contribution in [2.24, 2.45) is 4.99 Å². The van der Waals surface area contributed by atoms with Crippen LogP contribution >= 0.6 is 43.2 Å². The number of anilines is 1. The van der Waals surface area contributed by atoms with Gasteiger partial charge in [0.2, 0.25) is 0 Å². The van der Waals surface area contributed by atoms with E-state index in [-0.39, 0.29) is 11.5 Å². The Morgan fingerprint density at radius 2 is 1.94 bits per heavy atom. The Bertz CT molecular complexity index is 1670. The number of methoxy groups -OCH3 is 1. The van der Waals surface area contributed by atoms with E-state index in [1.165, 1.54) is 11.3 Å². The number of carbonyl (C=O) groups excluding carboxylic acids is 1. The minimum Gasteiger partial charge on any atom is -0.497 e. The van der Waals surface area contributed by atoms with E-state index in [1.54, 1.807) is 30.7 Å². The predicted octanol–water partition coefficient (Wildman–Crippen LogP) is 5.00. The van der Waals surface area contributed by atoms with Gasteiger partial charge >= 0.3 is 0 Å². The van der Waals surface area contributed by atoms with Gasteiger partial charge in [0.25, 0.3) is 11.5 Å². The molecule has 3 heterocycles. The second kappa shape index (κ2) is 10.0. The molecule has 1 aliphatic heterocycles. The van der Waals surface area contributed by atoms with Crippen LogP contribution in [0.25, 0.3) is 6.08 Å². The van der Waals surface area contributed by atoms with E-state index in [4.69, 9.17) is 9.15 Å². The number of aromatic nitrogens is 1. The van der Waals surface area contributed by atoms with Crippen molar-refractivity contribution in [3.05, 3.63) is 112 Å². The van der Waals surface area contributed by atoms with Gasteiger partial charge in [0.05, 0.1) is 33.4 Å². The molecular weight excluding hydrogens is 610 g/mol. The highest BCUT2D eigenvalue weighted by molar-refractivity contribution is 9.13. The smallest absolute Gasteiger partial charge is 0.271 e. The molecule has 36 heavy (non-hydrogen) atoms. The van der Waals surface area contributed by atoms with Crippen LogP contribution in [-0.2, 0) is 4.79 Å². The maximum Gasteiger partial charge on any atom is 0.271 e. The predicted molar refractivity (Wildman–Crippen MR) is 146 cm³/mol. The number of fused-ring (bicyclic) bond motifs is 1. The van der Waals surface area contributed by atoms with Gasteiger partial charge in [-0.25, -0.2) is 4.99 Å². The van der Waals surface area contributed by atoms with Gasteiger partial charge in [-0.1, -0.05) is 41.7 Å². The molecule has 0 radical (unpaired) electrons. The summed E-state index contributed by atoms with van der Waals surface area (Å²) in [6, 6.07) is 17.6. The quantitative estimate of drug-likeness (QED) is 0.337. The van der Waals surface area contributed by atoms with Crippen molar-refractivity contribution in [2.75, 3.05) is 12.4 Å². The molecule has 182 valence electrons. The molecule has 0 saturated carbocycles. The molecule has 0 bridgehead atoms. The molecular formula is C26H19Br2N3O4S. The molecule has 0 spiro atoms. The van der Waals surface area contributed by atoms with E-state index >= 15 is 0 Å². The van der Waals surface area contributed by atoms with Gasteiger partial charge in [-0.15, -0.1) is 0 Å². The number of thiazole rings is 1. The normalized spacial score (nSPS) is 15.4. The molecule has 0 saturated heterocycles. The summed E-state index contributed by atoms with van der Waals surface area (Å²) in [5.41, 5.74) is 2.03. The number of nitrogens with one attached hydrogen (secondary N) is 1. The molecule has 10 heteroatoms. The summed E-state index contributed by atoms with van der Waals surface area (Å²) in [6.07, 6.45) is 1.67. The minimum atomic E-state index is -0.697. The van der Waals surface area contributed by atoms with Crippen LogP contribution < -0.4 is 24.9 Å². The Balaban J connectivity index is 1.69. The number of amides is 1. The highest BCUT2D eigenvalue weighted by Crippen LogP contribution is 2.32. The largest absolute Gasteiger partial charge is 0.497 e. The minimum absolute atomic E-state index is 0.271. The molecule has 2 aromatic heterocycles. The van der Waals surface area contributed by atoms with E-state index in [1.807, 2.05) is 54.6 Å². The van der Waals surface area contributed by atoms with E-state index in [0.717, 1.165) is 10.0 Å². The van der Waals surface area contributed by atoms with Crippen molar-refractivity contribution < 1.29 is 13.9 Å². The Morgan fingerprint density at radius 3 is 2.64 bits per heavy atom. The fraction of sp³-hybridized carbons (Fsp3) is 0.115. The monoisotopic (exact) mass is 627 g/mol. The van der Waals surface area contributed by atoms with Crippen molar-refractivity contribution in [3.63, 3.8) is 0 Å². The zero-order valence-corrected chi connectivity index (χ0v) is 23.1. The number of allylic oxidation sites excluding steroid dienone is 1. The highest BCUT2D eigenvalue weighted by atomic mass is 79.9. The zero-order valence-electron chi connectivity index (χ0n) is 19.1. The van der Waals surface area contributed by atoms with Crippen LogP contribution in [0.3, 0.4) is 0 Å². The number of para-hydroxylation sites is 1. The van der Waals surface area contributed by atoms with Crippen molar-refractivity contribution in [1.29, 1.82) is 0 Å². The molecule has 0 fully saturated rings. The summed E-state index contributed by atoms with van der Waals surface area (Å²) in [7, 11) is 1.58. The molecule has 1 amide bonds. The second-order valence-electron chi connectivity index (χ2n) is 7.95. The average Bonchev–Trinajstić information content (AvgIpc) is 3.35. The molecule has 1 aliphatic rings. The molecule has 5 rings (SSSR count). The Labute approximate surface area is 226 Å². The van der Waals surface area contributed by atoms with Crippen molar-refractivity contribution in [3.8, 4) is 5.75 Å². The van der Waals surface area contributed by atoms with Gasteiger partial charge in [0.1, 0.15) is 11.5 Å². The van der Waals surface area contributed by atoms with E-state index in [9.17, 15) is 9.59 Å². The van der Waals surface area contributed by atoms with Gasteiger partial charge in [-0.3, -0.25) is 14.2 Å². The lowest BCUT2D eigenvalue weighted by molar-refractivity contribution is -0.113. The highest BCUT2D eigenvalue weighted by Gasteiger charge is 2.32. The molecule has 4 aromatic rings. The van der Waals surface area contributed by atoms with E-state index in [2.05, 4.69) is 42.2 Å². The third-order valence-electron chi connectivity index (χ3n) is 5.65. The van der Waals surface area contributed by atoms with Crippen LogP contribution in [0.5, 0.6) is 5.75 Å². The standard InChI is InChI=1S/C26H19Br2N3O4S/c1-14-21(24(32)30-16-8-4-3-5-9-16)22(15-7-6-10-17(11-15)34-2)31-25(33)20(36-26(31)29-14)13-18-12-19(27)23(28)35-18/h3-13,22H,1-2H3,(H,30,32)/b20-13+/t22-/m0/s1. The fourth-order valence-electron chi connectivity index (χ4n) is 4.02. The second-order valence-corrected chi connectivity index (χ2v) is 10.5. The number of rotatable bonds is 5. The Hall–Kier alpha value is -3.21. The van der Waals surface area contributed by atoms with Gasteiger partial charge in [0, 0.05) is 11.8 Å². The molecule has 7 nitrogen and oxygen atoms in total. The van der Waals surface area contributed by atoms with Gasteiger partial charge in [0.15, 0.2) is 9.47 Å².